The van der Waals surface area contributed by atoms with Gasteiger partial charge >= 0.3 is 5.97 Å². The molecule has 34 heavy (non-hydrogen) atoms. The van der Waals surface area contributed by atoms with Gasteiger partial charge in [-0.3, -0.25) is 9.59 Å². The minimum Gasteiger partial charge on any atom is -0.481 e. The van der Waals surface area contributed by atoms with Crippen LogP contribution in [0.3, 0.4) is 0 Å². The van der Waals surface area contributed by atoms with Crippen molar-refractivity contribution < 1.29 is 24.9 Å². The molecule has 1 saturated carbocycles. The summed E-state index contributed by atoms with van der Waals surface area (Å²) in [6.45, 7) is 3.54. The van der Waals surface area contributed by atoms with Gasteiger partial charge in [-0.1, -0.05) is 55.8 Å². The fourth-order valence-corrected chi connectivity index (χ4v) is 7.99. The summed E-state index contributed by atoms with van der Waals surface area (Å²) in [5, 5.41) is 31.5. The maximum Gasteiger partial charge on any atom is 0.313 e. The Balaban J connectivity index is 1.57. The largest absolute Gasteiger partial charge is 0.481 e. The number of Topliss-reactive ketones (excluding diaryl/α,β-unsaturated/α-hetero) is 1. The molecule has 0 saturated heterocycles. The number of thiophene rings is 1. The molecule has 3 N–H and O–H groups in total. The maximum atomic E-state index is 13.0. The molecule has 9 heteroatoms. The molecular weight excluding hydrogens is 512 g/mol. The molecule has 1 fully saturated rings. The number of thioether (sulfide) groups is 2. The molecule has 186 valence electrons. The van der Waals surface area contributed by atoms with E-state index in [1.54, 1.807) is 37.3 Å². The first-order valence-corrected chi connectivity index (χ1v) is 14.7. The predicted molar refractivity (Wildman–Crippen MR) is 144 cm³/mol. The highest BCUT2D eigenvalue weighted by Gasteiger charge is 2.53. The lowest BCUT2D eigenvalue weighted by Crippen LogP contribution is -2.31. The van der Waals surface area contributed by atoms with Gasteiger partial charge in [-0.05, 0) is 36.8 Å². The van der Waals surface area contributed by atoms with Crippen molar-refractivity contribution in [3.8, 4) is 0 Å². The second-order valence-electron chi connectivity index (χ2n) is 9.03. The van der Waals surface area contributed by atoms with Crippen molar-refractivity contribution >= 4 is 68.3 Å². The van der Waals surface area contributed by atoms with E-state index in [1.165, 1.54) is 23.5 Å². The third kappa shape index (κ3) is 6.59. The summed E-state index contributed by atoms with van der Waals surface area (Å²) in [6, 6.07) is 7.97. The molecule has 0 spiro atoms. The number of aryl methyl sites for hydroxylation is 1. The van der Waals surface area contributed by atoms with E-state index in [2.05, 4.69) is 0 Å². The number of aliphatic carboxylic acids is 1. The van der Waals surface area contributed by atoms with E-state index < -0.39 is 23.6 Å². The minimum absolute atomic E-state index is 0.0180. The summed E-state index contributed by atoms with van der Waals surface area (Å²) >= 11 is 11.0. The number of benzene rings is 1. The van der Waals surface area contributed by atoms with Crippen LogP contribution < -0.4 is 0 Å². The highest BCUT2D eigenvalue weighted by atomic mass is 35.5. The number of carboxylic acid groups (broad SMARTS) is 1. The number of carbonyl (C=O) groups excluding carboxylic acids is 1. The fourth-order valence-electron chi connectivity index (χ4n) is 4.11. The van der Waals surface area contributed by atoms with Crippen molar-refractivity contribution in [3.05, 3.63) is 46.3 Å². The van der Waals surface area contributed by atoms with Gasteiger partial charge in [-0.2, -0.15) is 11.8 Å². The third-order valence-corrected chi connectivity index (χ3v) is 10.3. The highest BCUT2D eigenvalue weighted by Crippen LogP contribution is 2.45. The molecule has 0 amide bonds. The monoisotopic (exact) mass is 542 g/mol. The van der Waals surface area contributed by atoms with Crippen molar-refractivity contribution in [2.45, 2.75) is 50.6 Å². The van der Waals surface area contributed by atoms with Gasteiger partial charge in [-0.25, -0.2) is 0 Å². The molecule has 0 radical (unpaired) electrons. The normalized spacial score (nSPS) is 23.2. The molecule has 1 aliphatic carbocycles. The highest BCUT2D eigenvalue weighted by molar-refractivity contribution is 8.01. The van der Waals surface area contributed by atoms with Crippen LogP contribution in [0.15, 0.2) is 36.4 Å². The first-order valence-electron chi connectivity index (χ1n) is 11.3. The number of rotatable bonds is 12. The van der Waals surface area contributed by atoms with Crippen LogP contribution in [0.25, 0.3) is 10.1 Å². The number of hydrogen-bond donors (Lipinski definition) is 3. The SMILES string of the molecule is CC1(C)C(=O)[C@H](SCCCSCC(=O)O)[C@@H](/C=C/C(O)CCc2sc3ccccc3c2Cl)[C@@H]1O. The van der Waals surface area contributed by atoms with Crippen LogP contribution in [0.4, 0.5) is 0 Å². The zero-order valence-electron chi connectivity index (χ0n) is 19.3. The summed E-state index contributed by atoms with van der Waals surface area (Å²) in [5.74, 6) is 0.321. The zero-order chi connectivity index (χ0) is 24.9. The molecule has 2 aromatic rings. The van der Waals surface area contributed by atoms with Crippen LogP contribution in [-0.2, 0) is 16.0 Å². The number of ketones is 1. The van der Waals surface area contributed by atoms with Gasteiger partial charge in [-0.15, -0.1) is 23.1 Å². The Morgan fingerprint density at radius 2 is 2.03 bits per heavy atom. The average Bonchev–Trinajstić information content (AvgIpc) is 3.20. The predicted octanol–water partition coefficient (Wildman–Crippen LogP) is 5.30. The van der Waals surface area contributed by atoms with Crippen molar-refractivity contribution in [2.75, 3.05) is 17.3 Å². The number of fused-ring (bicyclic) bond motifs is 1. The van der Waals surface area contributed by atoms with Crippen molar-refractivity contribution in [3.63, 3.8) is 0 Å². The average molecular weight is 543 g/mol. The summed E-state index contributed by atoms with van der Waals surface area (Å²) in [6.07, 6.45) is 3.91. The molecular formula is C25H31ClO5S3. The quantitative estimate of drug-likeness (QED) is 0.247. The van der Waals surface area contributed by atoms with E-state index in [9.17, 15) is 19.8 Å². The molecule has 1 aromatic carbocycles. The van der Waals surface area contributed by atoms with E-state index in [-0.39, 0.29) is 22.7 Å². The summed E-state index contributed by atoms with van der Waals surface area (Å²) in [4.78, 5) is 24.6. The molecule has 1 aliphatic rings. The fraction of sp³-hybridized carbons (Fsp3) is 0.520. The summed E-state index contributed by atoms with van der Waals surface area (Å²) < 4.78 is 1.13. The topological polar surface area (TPSA) is 94.8 Å². The van der Waals surface area contributed by atoms with E-state index in [0.29, 0.717) is 24.3 Å². The van der Waals surface area contributed by atoms with Crippen molar-refractivity contribution in [1.82, 2.24) is 0 Å². The molecule has 0 aliphatic heterocycles. The lowest BCUT2D eigenvalue weighted by molar-refractivity contribution is -0.134. The first-order chi connectivity index (χ1) is 16.1. The van der Waals surface area contributed by atoms with Crippen molar-refractivity contribution in [2.24, 2.45) is 11.3 Å². The minimum atomic E-state index is -0.847. The standard InChI is InChI=1S/C25H31ClO5S3/c1-25(2)23(30)17(22(24(25)31)33-13-5-12-32-14-20(28)29)10-8-15(27)9-11-19-21(26)16-6-3-4-7-18(16)34-19/h3-4,6-8,10,15,17,22-23,27,30H,5,9,11-14H2,1-2H3,(H,28,29)/b10-8+/t15?,17-,22-,23+/m1/s1. The Kier molecular flexibility index (Phi) is 9.95. The van der Waals surface area contributed by atoms with Crippen LogP contribution in [0.5, 0.6) is 0 Å². The zero-order valence-corrected chi connectivity index (χ0v) is 22.5. The van der Waals surface area contributed by atoms with Gasteiger partial charge in [0.1, 0.15) is 0 Å². The Labute approximate surface area is 218 Å². The van der Waals surface area contributed by atoms with Gasteiger partial charge in [0.2, 0.25) is 0 Å². The lowest BCUT2D eigenvalue weighted by Gasteiger charge is -2.22. The first kappa shape index (κ1) is 27.6. The number of aliphatic hydroxyl groups is 2. The van der Waals surface area contributed by atoms with Crippen molar-refractivity contribution in [1.29, 1.82) is 0 Å². The Morgan fingerprint density at radius 3 is 2.74 bits per heavy atom. The van der Waals surface area contributed by atoms with E-state index in [4.69, 9.17) is 16.7 Å². The Morgan fingerprint density at radius 1 is 1.29 bits per heavy atom. The molecule has 1 unspecified atom stereocenters. The van der Waals surface area contributed by atoms with Gasteiger partial charge in [0.15, 0.2) is 5.78 Å². The Hall–Kier alpha value is -1.03. The number of hydrogen-bond acceptors (Lipinski definition) is 7. The molecule has 5 nitrogen and oxygen atoms in total. The molecule has 1 aromatic heterocycles. The second-order valence-corrected chi connectivity index (χ2v) is 12.9. The number of carbonyl (C=O) groups is 2. The number of aliphatic hydroxyl groups excluding tert-OH is 2. The van der Waals surface area contributed by atoms with E-state index >= 15 is 0 Å². The number of carboxylic acids is 1. The van der Waals surface area contributed by atoms with Crippen LogP contribution >= 0.6 is 46.5 Å². The molecule has 1 heterocycles. The lowest BCUT2D eigenvalue weighted by atomic mass is 9.86. The van der Waals surface area contributed by atoms with Crippen LogP contribution in [0.2, 0.25) is 5.02 Å². The van der Waals surface area contributed by atoms with Crippen LogP contribution in [0.1, 0.15) is 31.6 Å². The smallest absolute Gasteiger partial charge is 0.313 e. The molecule has 3 rings (SSSR count). The van der Waals surface area contributed by atoms with Crippen LogP contribution in [-0.4, -0.2) is 61.8 Å². The van der Waals surface area contributed by atoms with E-state index in [1.807, 2.05) is 24.3 Å². The van der Waals surface area contributed by atoms with Gasteiger partial charge < -0.3 is 15.3 Å². The molecule has 4 atom stereocenters. The maximum absolute atomic E-state index is 13.0. The number of halogens is 1. The van der Waals surface area contributed by atoms with Gasteiger partial charge in [0.05, 0.1) is 33.6 Å². The van der Waals surface area contributed by atoms with Crippen LogP contribution in [0, 0.1) is 11.3 Å². The second kappa shape index (κ2) is 12.3. The summed E-state index contributed by atoms with van der Waals surface area (Å²) in [5.41, 5.74) is -0.847. The van der Waals surface area contributed by atoms with Gasteiger partial charge in [0.25, 0.3) is 0 Å². The summed E-state index contributed by atoms with van der Waals surface area (Å²) in [7, 11) is 0. The van der Waals surface area contributed by atoms with Gasteiger partial charge in [0, 0.05) is 20.9 Å². The third-order valence-electron chi connectivity index (χ3n) is 6.13. The van der Waals surface area contributed by atoms with E-state index in [0.717, 1.165) is 26.4 Å². The Bertz CT molecular complexity index is 1030. The molecule has 0 bridgehead atoms.